The first-order valence-electron chi connectivity index (χ1n) is 8.89. The van der Waals surface area contributed by atoms with Crippen LogP contribution in [0, 0.1) is 0 Å². The highest BCUT2D eigenvalue weighted by Crippen LogP contribution is 2.31. The van der Waals surface area contributed by atoms with Gasteiger partial charge in [-0.15, -0.1) is 0 Å². The molecule has 0 spiro atoms. The van der Waals surface area contributed by atoms with E-state index in [1.54, 1.807) is 11.3 Å². The van der Waals surface area contributed by atoms with Crippen molar-refractivity contribution in [1.29, 1.82) is 0 Å². The van der Waals surface area contributed by atoms with E-state index in [1.165, 1.54) is 5.56 Å². The summed E-state index contributed by atoms with van der Waals surface area (Å²) in [5.41, 5.74) is 2.33. The number of nitrogens with one attached hydrogen (secondary N) is 2. The second-order valence-corrected chi connectivity index (χ2v) is 8.37. The quantitative estimate of drug-likeness (QED) is 0.803. The molecule has 2 aliphatic rings. The molecule has 2 aliphatic heterocycles. The molecule has 8 heteroatoms. The number of para-hydroxylation sites is 1. The minimum atomic E-state index is -0.422. The monoisotopic (exact) mass is 403 g/mol. The van der Waals surface area contributed by atoms with Crippen LogP contribution in [0.25, 0.3) is 0 Å². The highest BCUT2D eigenvalue weighted by Gasteiger charge is 2.28. The molecule has 6 nitrogen and oxygen atoms in total. The molecule has 27 heavy (non-hydrogen) atoms. The molecule has 142 valence electrons. The molecule has 0 saturated carbocycles. The topological polar surface area (TPSA) is 70.7 Å². The lowest BCUT2D eigenvalue weighted by Gasteiger charge is -2.24. The van der Waals surface area contributed by atoms with Gasteiger partial charge in [-0.05, 0) is 22.9 Å². The van der Waals surface area contributed by atoms with Gasteiger partial charge < -0.3 is 15.4 Å². The zero-order chi connectivity index (χ0) is 18.6. The number of thioether (sulfide) groups is 1. The Labute approximate surface area is 166 Å². The molecule has 1 fully saturated rings. The largest absolute Gasteiger partial charge is 0.484 e. The Kier molecular flexibility index (Phi) is 5.66. The summed E-state index contributed by atoms with van der Waals surface area (Å²) in [6.45, 7) is 2.80. The third-order valence-corrected chi connectivity index (χ3v) is 6.27. The summed E-state index contributed by atoms with van der Waals surface area (Å²) in [6.07, 6.45) is -0.0267. The second kappa shape index (κ2) is 8.33. The third kappa shape index (κ3) is 4.45. The molecule has 2 aromatic rings. The van der Waals surface area contributed by atoms with Gasteiger partial charge in [0.2, 0.25) is 5.91 Å². The third-order valence-electron chi connectivity index (χ3n) is 4.69. The number of rotatable bonds is 5. The van der Waals surface area contributed by atoms with Crippen molar-refractivity contribution in [1.82, 2.24) is 15.5 Å². The molecular formula is C19H21N3O3S2. The van der Waals surface area contributed by atoms with Gasteiger partial charge in [0.25, 0.3) is 5.24 Å². The fraction of sp³-hybridized carbons (Fsp3) is 0.368. The summed E-state index contributed by atoms with van der Waals surface area (Å²) in [5, 5.41) is 9.67. The van der Waals surface area contributed by atoms with Gasteiger partial charge >= 0.3 is 0 Å². The predicted molar refractivity (Wildman–Crippen MR) is 107 cm³/mol. The van der Waals surface area contributed by atoms with E-state index in [4.69, 9.17) is 4.74 Å². The van der Waals surface area contributed by atoms with E-state index in [-0.39, 0.29) is 17.3 Å². The number of nitrogens with zero attached hydrogens (tertiary/aromatic N) is 1. The van der Waals surface area contributed by atoms with Crippen LogP contribution >= 0.6 is 23.1 Å². The lowest BCUT2D eigenvalue weighted by Crippen LogP contribution is -2.45. The number of thiophene rings is 1. The molecule has 0 bridgehead atoms. The summed E-state index contributed by atoms with van der Waals surface area (Å²) in [7, 11) is 0. The molecular weight excluding hydrogens is 382 g/mol. The predicted octanol–water partition coefficient (Wildman–Crippen LogP) is 2.63. The Balaban J connectivity index is 1.39. The Morgan fingerprint density at radius 3 is 3.00 bits per heavy atom. The number of amides is 2. The number of hydrogen-bond acceptors (Lipinski definition) is 6. The molecule has 1 aromatic carbocycles. The molecule has 0 aliphatic carbocycles. The highest BCUT2D eigenvalue weighted by molar-refractivity contribution is 8.14. The van der Waals surface area contributed by atoms with E-state index < -0.39 is 6.04 Å². The van der Waals surface area contributed by atoms with Gasteiger partial charge in [0.15, 0.2) is 0 Å². The molecule has 4 rings (SSSR count). The first kappa shape index (κ1) is 18.3. The van der Waals surface area contributed by atoms with Crippen LogP contribution in [0.15, 0.2) is 41.1 Å². The molecule has 2 N–H and O–H groups in total. The lowest BCUT2D eigenvalue weighted by atomic mass is 10.2. The van der Waals surface area contributed by atoms with Crippen LogP contribution in [0.5, 0.6) is 5.75 Å². The van der Waals surface area contributed by atoms with Crippen molar-refractivity contribution in [3.8, 4) is 5.75 Å². The van der Waals surface area contributed by atoms with Crippen molar-refractivity contribution in [3.05, 3.63) is 52.2 Å². The fourth-order valence-corrected chi connectivity index (χ4v) is 4.75. The fourth-order valence-electron chi connectivity index (χ4n) is 3.27. The van der Waals surface area contributed by atoms with Crippen LogP contribution in [-0.2, 0) is 11.3 Å². The van der Waals surface area contributed by atoms with Crippen molar-refractivity contribution in [2.24, 2.45) is 0 Å². The number of benzene rings is 1. The average molecular weight is 404 g/mol. The molecule has 3 heterocycles. The van der Waals surface area contributed by atoms with Crippen molar-refractivity contribution >= 4 is 34.2 Å². The van der Waals surface area contributed by atoms with Gasteiger partial charge in [0.1, 0.15) is 17.9 Å². The molecule has 2 amide bonds. The van der Waals surface area contributed by atoms with Gasteiger partial charge in [0, 0.05) is 43.1 Å². The molecule has 1 aromatic heterocycles. The second-order valence-electron chi connectivity index (χ2n) is 6.59. The van der Waals surface area contributed by atoms with Gasteiger partial charge in [-0.3, -0.25) is 14.5 Å². The summed E-state index contributed by atoms with van der Waals surface area (Å²) < 4.78 is 6.28. The number of ether oxygens (including phenoxy) is 1. The Morgan fingerprint density at radius 1 is 1.33 bits per heavy atom. The van der Waals surface area contributed by atoms with E-state index in [9.17, 15) is 9.59 Å². The smallest absolute Gasteiger partial charge is 0.279 e. The Bertz CT molecular complexity index is 812. The molecule has 2 atom stereocenters. The van der Waals surface area contributed by atoms with Crippen LogP contribution in [0.3, 0.4) is 0 Å². The van der Waals surface area contributed by atoms with Crippen LogP contribution in [0.1, 0.15) is 17.2 Å². The molecule has 0 radical (unpaired) electrons. The summed E-state index contributed by atoms with van der Waals surface area (Å²) in [4.78, 5) is 25.7. The average Bonchev–Trinajstić information content (AvgIpc) is 3.31. The summed E-state index contributed by atoms with van der Waals surface area (Å²) in [5.74, 6) is 1.30. The standard InChI is InChI=1S/C19H21N3O3S2/c23-18(15-12-27-19(24)21-15)20-6-7-22-9-13-3-1-2-4-16(13)25-17(10-22)14-5-8-26-11-14/h1-5,8,11,15,17H,6-7,9-10,12H2,(H,20,23)(H,21,24)/t15-,17?/m0/s1. The molecule has 1 unspecified atom stereocenters. The molecule has 1 saturated heterocycles. The maximum atomic E-state index is 12.2. The Morgan fingerprint density at radius 2 is 2.22 bits per heavy atom. The first-order valence-corrected chi connectivity index (χ1v) is 10.8. The Hall–Kier alpha value is -2.03. The zero-order valence-corrected chi connectivity index (χ0v) is 16.4. The van der Waals surface area contributed by atoms with Gasteiger partial charge in [-0.2, -0.15) is 11.3 Å². The normalized spacial score (nSPS) is 22.4. The number of fused-ring (bicyclic) bond motifs is 1. The number of hydrogen-bond donors (Lipinski definition) is 2. The van der Waals surface area contributed by atoms with Crippen LogP contribution in [0.4, 0.5) is 4.79 Å². The van der Waals surface area contributed by atoms with Crippen LogP contribution in [-0.4, -0.2) is 47.5 Å². The van der Waals surface area contributed by atoms with Crippen molar-refractivity contribution in [3.63, 3.8) is 0 Å². The van der Waals surface area contributed by atoms with Crippen LogP contribution < -0.4 is 15.4 Å². The number of carbonyl (C=O) groups is 2. The van der Waals surface area contributed by atoms with Crippen LogP contribution in [0.2, 0.25) is 0 Å². The van der Waals surface area contributed by atoms with E-state index in [0.717, 1.165) is 42.7 Å². The maximum Gasteiger partial charge on any atom is 0.279 e. The van der Waals surface area contributed by atoms with E-state index in [0.29, 0.717) is 12.3 Å². The SMILES string of the molecule is O=C1N[C@H](C(=O)NCCN2Cc3ccccc3OC(c3ccsc3)C2)CS1. The van der Waals surface area contributed by atoms with E-state index in [1.807, 2.05) is 18.2 Å². The zero-order valence-electron chi connectivity index (χ0n) is 14.7. The van der Waals surface area contributed by atoms with Gasteiger partial charge in [-0.25, -0.2) is 0 Å². The van der Waals surface area contributed by atoms with Gasteiger partial charge in [-0.1, -0.05) is 30.0 Å². The summed E-state index contributed by atoms with van der Waals surface area (Å²) in [6, 6.07) is 9.79. The van der Waals surface area contributed by atoms with Gasteiger partial charge in [0.05, 0.1) is 0 Å². The van der Waals surface area contributed by atoms with Crippen molar-refractivity contribution < 1.29 is 14.3 Å². The number of carbonyl (C=O) groups excluding carboxylic acids is 2. The highest BCUT2D eigenvalue weighted by atomic mass is 32.2. The maximum absolute atomic E-state index is 12.2. The minimum absolute atomic E-state index is 0.0267. The van der Waals surface area contributed by atoms with E-state index in [2.05, 4.69) is 38.4 Å². The van der Waals surface area contributed by atoms with Crippen molar-refractivity contribution in [2.75, 3.05) is 25.4 Å². The summed E-state index contributed by atoms with van der Waals surface area (Å²) >= 11 is 2.82. The van der Waals surface area contributed by atoms with Crippen molar-refractivity contribution in [2.45, 2.75) is 18.7 Å². The lowest BCUT2D eigenvalue weighted by molar-refractivity contribution is -0.122. The first-order chi connectivity index (χ1) is 13.2. The minimum Gasteiger partial charge on any atom is -0.484 e. The van der Waals surface area contributed by atoms with E-state index >= 15 is 0 Å².